The van der Waals surface area contributed by atoms with E-state index in [4.69, 9.17) is 5.73 Å². The largest absolute Gasteiger partial charge is 0.401 e. The fourth-order valence-corrected chi connectivity index (χ4v) is 3.10. The highest BCUT2D eigenvalue weighted by molar-refractivity contribution is 5.85. The van der Waals surface area contributed by atoms with Gasteiger partial charge in [0.25, 0.3) is 0 Å². The zero-order chi connectivity index (χ0) is 14.8. The Balaban J connectivity index is 0.00000220. The summed E-state index contributed by atoms with van der Waals surface area (Å²) in [5.74, 6) is 0.0472. The third-order valence-corrected chi connectivity index (χ3v) is 4.13. The van der Waals surface area contributed by atoms with Gasteiger partial charge in [0.2, 0.25) is 5.91 Å². The number of carbonyl (C=O) groups excluding carboxylic acids is 1. The van der Waals surface area contributed by atoms with Crippen LogP contribution in [0.1, 0.15) is 25.7 Å². The van der Waals surface area contributed by atoms with Gasteiger partial charge < -0.3 is 10.6 Å². The van der Waals surface area contributed by atoms with Crippen LogP contribution in [-0.2, 0) is 4.79 Å². The normalized spacial score (nSPS) is 26.8. The number of amides is 1. The summed E-state index contributed by atoms with van der Waals surface area (Å²) in [5.41, 5.74) is 5.81. The monoisotopic (exact) mass is 365 g/mol. The average Bonchev–Trinajstić information content (AvgIpc) is 2.64. The molecule has 0 aromatic rings. The van der Waals surface area contributed by atoms with Gasteiger partial charge in [0, 0.05) is 38.1 Å². The molecule has 1 saturated carbocycles. The van der Waals surface area contributed by atoms with Crippen molar-refractivity contribution in [1.29, 1.82) is 0 Å². The molecule has 1 heterocycles. The van der Waals surface area contributed by atoms with Crippen molar-refractivity contribution in [3.8, 4) is 0 Å². The number of alkyl halides is 3. The van der Waals surface area contributed by atoms with Crippen LogP contribution in [0.25, 0.3) is 0 Å². The van der Waals surface area contributed by atoms with Gasteiger partial charge in [-0.15, -0.1) is 24.8 Å². The molecule has 2 atom stereocenters. The number of hydrogen-bond donors (Lipinski definition) is 1. The summed E-state index contributed by atoms with van der Waals surface area (Å²) in [6, 6.07) is 0.0951. The van der Waals surface area contributed by atoms with Gasteiger partial charge in [0.1, 0.15) is 0 Å². The van der Waals surface area contributed by atoms with E-state index in [0.29, 0.717) is 39.0 Å². The third kappa shape index (κ3) is 6.48. The van der Waals surface area contributed by atoms with E-state index in [0.717, 1.165) is 12.8 Å². The smallest absolute Gasteiger partial charge is 0.341 e. The maximum Gasteiger partial charge on any atom is 0.401 e. The molecular weight excluding hydrogens is 342 g/mol. The van der Waals surface area contributed by atoms with Crippen molar-refractivity contribution >= 4 is 30.7 Å². The summed E-state index contributed by atoms with van der Waals surface area (Å²) in [6.07, 6.45) is -1.19. The first-order chi connectivity index (χ1) is 9.35. The van der Waals surface area contributed by atoms with Crippen LogP contribution < -0.4 is 5.73 Å². The SMILES string of the molecule is Cl.Cl.NC1CCC(C(=O)N2CCCN(CC(F)(F)F)CC2)C1. The minimum Gasteiger partial charge on any atom is -0.341 e. The highest BCUT2D eigenvalue weighted by Crippen LogP contribution is 2.26. The van der Waals surface area contributed by atoms with Crippen molar-refractivity contribution in [3.63, 3.8) is 0 Å². The quantitative estimate of drug-likeness (QED) is 0.814. The first kappa shape index (κ1) is 21.8. The molecule has 0 radical (unpaired) electrons. The van der Waals surface area contributed by atoms with E-state index in [1.165, 1.54) is 4.90 Å². The Hall–Kier alpha value is -0.240. The molecule has 2 unspecified atom stereocenters. The number of nitrogens with two attached hydrogens (primary N) is 1. The number of nitrogens with zero attached hydrogens (tertiary/aromatic N) is 2. The summed E-state index contributed by atoms with van der Waals surface area (Å²) in [7, 11) is 0. The molecular formula is C13H24Cl2F3N3O. The van der Waals surface area contributed by atoms with Gasteiger partial charge >= 0.3 is 6.18 Å². The highest BCUT2D eigenvalue weighted by atomic mass is 35.5. The predicted molar refractivity (Wildman–Crippen MR) is 83.5 cm³/mol. The average molecular weight is 366 g/mol. The molecule has 1 amide bonds. The van der Waals surface area contributed by atoms with Crippen LogP contribution in [0, 0.1) is 5.92 Å². The summed E-state index contributed by atoms with van der Waals surface area (Å²) in [5, 5.41) is 0. The molecule has 1 aliphatic carbocycles. The van der Waals surface area contributed by atoms with Crippen LogP contribution in [0.15, 0.2) is 0 Å². The Morgan fingerprint density at radius 1 is 1.09 bits per heavy atom. The van der Waals surface area contributed by atoms with Crippen LogP contribution in [-0.4, -0.2) is 60.6 Å². The van der Waals surface area contributed by atoms with Crippen LogP contribution in [0.2, 0.25) is 0 Å². The number of carbonyl (C=O) groups is 1. The van der Waals surface area contributed by atoms with Crippen LogP contribution in [0.3, 0.4) is 0 Å². The minimum atomic E-state index is -4.17. The molecule has 2 aliphatic rings. The molecule has 0 spiro atoms. The van der Waals surface area contributed by atoms with Gasteiger partial charge in [-0.05, 0) is 25.7 Å². The fourth-order valence-electron chi connectivity index (χ4n) is 3.10. The maximum absolute atomic E-state index is 12.4. The lowest BCUT2D eigenvalue weighted by Gasteiger charge is -2.25. The van der Waals surface area contributed by atoms with Crippen LogP contribution in [0.4, 0.5) is 13.2 Å². The Morgan fingerprint density at radius 3 is 2.32 bits per heavy atom. The van der Waals surface area contributed by atoms with Gasteiger partial charge in [-0.2, -0.15) is 13.2 Å². The second-order valence-electron chi connectivity index (χ2n) is 5.84. The van der Waals surface area contributed by atoms with Crippen molar-refractivity contribution in [2.75, 3.05) is 32.7 Å². The molecule has 9 heteroatoms. The van der Waals surface area contributed by atoms with Crippen LogP contribution in [0.5, 0.6) is 0 Å². The van der Waals surface area contributed by atoms with E-state index >= 15 is 0 Å². The topological polar surface area (TPSA) is 49.6 Å². The van der Waals surface area contributed by atoms with Crippen molar-refractivity contribution < 1.29 is 18.0 Å². The number of rotatable bonds is 2. The molecule has 4 nitrogen and oxygen atoms in total. The first-order valence-electron chi connectivity index (χ1n) is 7.18. The second-order valence-corrected chi connectivity index (χ2v) is 5.84. The zero-order valence-corrected chi connectivity index (χ0v) is 14.0. The molecule has 2 fully saturated rings. The lowest BCUT2D eigenvalue weighted by atomic mass is 10.1. The molecule has 0 aromatic heterocycles. The van der Waals surface area contributed by atoms with Gasteiger partial charge in [-0.3, -0.25) is 9.69 Å². The lowest BCUT2D eigenvalue weighted by Crippen LogP contribution is -2.40. The standard InChI is InChI=1S/C13H22F3N3O.2ClH/c14-13(15,16)9-18-4-1-5-19(7-6-18)12(20)10-2-3-11(17)8-10;;/h10-11H,1-9,17H2;2*1H. The second kappa shape index (κ2) is 9.15. The van der Waals surface area contributed by atoms with Gasteiger partial charge in [0.15, 0.2) is 0 Å². The molecule has 1 aliphatic heterocycles. The van der Waals surface area contributed by atoms with Gasteiger partial charge in [0.05, 0.1) is 6.54 Å². The molecule has 0 aromatic carbocycles. The van der Waals surface area contributed by atoms with Crippen molar-refractivity contribution in [3.05, 3.63) is 0 Å². The fraction of sp³-hybridized carbons (Fsp3) is 0.923. The zero-order valence-electron chi connectivity index (χ0n) is 12.3. The Morgan fingerprint density at radius 2 is 1.77 bits per heavy atom. The molecule has 132 valence electrons. The van der Waals surface area contributed by atoms with Crippen molar-refractivity contribution in [2.45, 2.75) is 37.9 Å². The van der Waals surface area contributed by atoms with E-state index in [1.807, 2.05) is 0 Å². The molecule has 22 heavy (non-hydrogen) atoms. The molecule has 1 saturated heterocycles. The predicted octanol–water partition coefficient (Wildman–Crippen LogP) is 2.05. The van der Waals surface area contributed by atoms with Gasteiger partial charge in [-0.1, -0.05) is 0 Å². The maximum atomic E-state index is 12.4. The summed E-state index contributed by atoms with van der Waals surface area (Å²) >= 11 is 0. The summed E-state index contributed by atoms with van der Waals surface area (Å²) in [6.45, 7) is 0.750. The molecule has 2 rings (SSSR count). The van der Waals surface area contributed by atoms with Crippen molar-refractivity contribution in [2.24, 2.45) is 11.7 Å². The Kier molecular flexibility index (Phi) is 9.05. The lowest BCUT2D eigenvalue weighted by molar-refractivity contribution is -0.145. The molecule has 0 bridgehead atoms. The minimum absolute atomic E-state index is 0. The number of hydrogen-bond acceptors (Lipinski definition) is 3. The Bertz CT molecular complexity index is 358. The van der Waals surface area contributed by atoms with Crippen molar-refractivity contribution in [1.82, 2.24) is 9.80 Å². The van der Waals surface area contributed by atoms with E-state index in [-0.39, 0.29) is 42.7 Å². The van der Waals surface area contributed by atoms with E-state index in [1.54, 1.807) is 4.90 Å². The summed E-state index contributed by atoms with van der Waals surface area (Å²) in [4.78, 5) is 15.4. The van der Waals surface area contributed by atoms with E-state index < -0.39 is 12.7 Å². The van der Waals surface area contributed by atoms with E-state index in [9.17, 15) is 18.0 Å². The summed E-state index contributed by atoms with van der Waals surface area (Å²) < 4.78 is 37.1. The Labute approximate surface area is 141 Å². The number of halogens is 5. The highest BCUT2D eigenvalue weighted by Gasteiger charge is 2.34. The third-order valence-electron chi connectivity index (χ3n) is 4.13. The molecule has 2 N–H and O–H groups in total. The van der Waals surface area contributed by atoms with Crippen LogP contribution >= 0.6 is 24.8 Å². The first-order valence-corrected chi connectivity index (χ1v) is 7.18. The van der Waals surface area contributed by atoms with Gasteiger partial charge in [-0.25, -0.2) is 0 Å². The van der Waals surface area contributed by atoms with E-state index in [2.05, 4.69) is 0 Å².